The van der Waals surface area contributed by atoms with E-state index in [1.165, 1.54) is 22.3 Å². The molecule has 6 aromatic carbocycles. The van der Waals surface area contributed by atoms with E-state index in [1.807, 2.05) is 58.2 Å². The average molecular weight is 1070 g/mol. The van der Waals surface area contributed by atoms with Gasteiger partial charge in [-0.1, -0.05) is 215 Å². The Hall–Kier alpha value is -8.08. The molecule has 2 aromatic heterocycles. The van der Waals surface area contributed by atoms with Crippen molar-refractivity contribution in [3.05, 3.63) is 211 Å². The molecule has 0 radical (unpaired) electrons. The molecule has 0 amide bonds. The van der Waals surface area contributed by atoms with Crippen molar-refractivity contribution in [2.75, 3.05) is 13.2 Å². The van der Waals surface area contributed by atoms with Crippen LogP contribution in [-0.2, 0) is 73.6 Å². The van der Waals surface area contributed by atoms with Gasteiger partial charge in [0.25, 0.3) is 0 Å². The summed E-state index contributed by atoms with van der Waals surface area (Å²) < 4.78 is 31.9. The van der Waals surface area contributed by atoms with E-state index in [0.29, 0.717) is 38.8 Å². The zero-order chi connectivity index (χ0) is 57.0. The predicted octanol–water partition coefficient (Wildman–Crippen LogP) is 14.0. The fraction of sp³-hybridized carbons (Fsp3) is 0.371. The largest absolute Gasteiger partial charge is 0.487 e. The first-order valence-electron chi connectivity index (χ1n) is 27.9. The lowest BCUT2D eigenvalue weighted by atomic mass is 9.79. The van der Waals surface area contributed by atoms with Gasteiger partial charge >= 0.3 is 0 Å². The van der Waals surface area contributed by atoms with Crippen molar-refractivity contribution in [1.29, 1.82) is 0 Å². The molecule has 10 nitrogen and oxygen atoms in total. The summed E-state index contributed by atoms with van der Waals surface area (Å²) in [5.74, 6) is 8.62. The second-order valence-electron chi connectivity index (χ2n) is 25.6. The zero-order valence-corrected chi connectivity index (χ0v) is 49.1. The first-order chi connectivity index (χ1) is 38.0. The van der Waals surface area contributed by atoms with Crippen LogP contribution >= 0.6 is 0 Å². The van der Waals surface area contributed by atoms with Crippen molar-refractivity contribution in [2.24, 2.45) is 0 Å². The van der Waals surface area contributed by atoms with Gasteiger partial charge in [0.1, 0.15) is 60.8 Å². The van der Waals surface area contributed by atoms with Crippen molar-refractivity contribution in [3.8, 4) is 47.7 Å². The number of aromatic nitrogens is 6. The van der Waals surface area contributed by atoms with E-state index in [9.17, 15) is 0 Å². The molecule has 1 aliphatic rings. The van der Waals surface area contributed by atoms with Gasteiger partial charge in [0, 0.05) is 25.7 Å². The third-order valence-electron chi connectivity index (χ3n) is 14.8. The molecule has 9 rings (SSSR count). The average Bonchev–Trinajstić information content (AvgIpc) is 4.09. The molecule has 0 N–H and O–H groups in total. The monoisotopic (exact) mass is 1070 g/mol. The highest BCUT2D eigenvalue weighted by molar-refractivity contribution is 5.60. The molecule has 0 saturated heterocycles. The van der Waals surface area contributed by atoms with E-state index >= 15 is 0 Å². The second kappa shape index (κ2) is 23.3. The Morgan fingerprint density at radius 2 is 0.662 bits per heavy atom. The van der Waals surface area contributed by atoms with E-state index in [1.54, 1.807) is 0 Å². The van der Waals surface area contributed by atoms with Gasteiger partial charge in [-0.05, 0) is 99.5 Å². The van der Waals surface area contributed by atoms with Crippen LogP contribution < -0.4 is 18.9 Å². The highest BCUT2D eigenvalue weighted by atomic mass is 16.5. The minimum absolute atomic E-state index is 0.0920. The maximum atomic E-state index is 7.26. The van der Waals surface area contributed by atoms with Gasteiger partial charge in [0.2, 0.25) is 0 Å². The molecule has 80 heavy (non-hydrogen) atoms. The van der Waals surface area contributed by atoms with Crippen molar-refractivity contribution in [1.82, 2.24) is 30.0 Å². The van der Waals surface area contributed by atoms with Gasteiger partial charge in [0.15, 0.2) is 0 Å². The number of hydrogen-bond donors (Lipinski definition) is 0. The normalized spacial score (nSPS) is 12.8. The molecule has 0 saturated carbocycles. The number of hydrogen-bond acceptors (Lipinski definition) is 8. The summed E-state index contributed by atoms with van der Waals surface area (Å²) >= 11 is 0. The maximum absolute atomic E-state index is 7.26. The molecule has 8 bridgehead atoms. The van der Waals surface area contributed by atoms with Crippen molar-refractivity contribution in [3.63, 3.8) is 0 Å². The van der Waals surface area contributed by atoms with E-state index in [4.69, 9.17) is 31.8 Å². The molecule has 8 aromatic rings. The maximum Gasteiger partial charge on any atom is 0.148 e. The SMILES string of the molecule is C#CCOc1c2cc(C(C)(C)C)cc1Cc1cc(C(C)(C)C)cc(c1OCc1cn(Cc3ccccc3)nn1)Cc1cc(C(C)(C)C)cc(c1OCc1cn(Cc3ccccc3)nn1)Cc1cc(C(C)(C)C)cc(c1OCC#C)C2. The number of terminal acetylenes is 2. The third-order valence-corrected chi connectivity index (χ3v) is 14.8. The molecule has 0 spiro atoms. The summed E-state index contributed by atoms with van der Waals surface area (Å²) in [6.07, 6.45) is 18.0. The highest BCUT2D eigenvalue weighted by Gasteiger charge is 2.30. The summed E-state index contributed by atoms with van der Waals surface area (Å²) in [7, 11) is 0. The molecule has 0 fully saturated rings. The van der Waals surface area contributed by atoms with Crippen LogP contribution in [0.2, 0.25) is 0 Å². The molecule has 2 heterocycles. The van der Waals surface area contributed by atoms with E-state index in [2.05, 4.69) is 188 Å². The molecular formula is C70H78N6O4. The summed E-state index contributed by atoms with van der Waals surface area (Å²) in [5.41, 5.74) is 15.5. The van der Waals surface area contributed by atoms with E-state index in [0.717, 1.165) is 90.0 Å². The summed E-state index contributed by atoms with van der Waals surface area (Å²) in [6.45, 7) is 28.9. The fourth-order valence-electron chi connectivity index (χ4n) is 10.4. The Kier molecular flexibility index (Phi) is 16.5. The molecule has 10 heteroatoms. The predicted molar refractivity (Wildman–Crippen MR) is 320 cm³/mol. The lowest BCUT2D eigenvalue weighted by molar-refractivity contribution is 0.291. The Morgan fingerprint density at radius 3 is 0.912 bits per heavy atom. The van der Waals surface area contributed by atoms with Gasteiger partial charge < -0.3 is 18.9 Å². The minimum Gasteiger partial charge on any atom is -0.487 e. The van der Waals surface area contributed by atoms with Crippen LogP contribution in [0.1, 0.15) is 172 Å². The molecule has 0 unspecified atom stereocenters. The fourth-order valence-corrected chi connectivity index (χ4v) is 10.4. The number of ether oxygens (including phenoxy) is 4. The number of rotatable bonds is 14. The Balaban J connectivity index is 1.31. The van der Waals surface area contributed by atoms with Gasteiger partial charge in [-0.2, -0.15) is 0 Å². The third kappa shape index (κ3) is 13.7. The molecule has 1 aliphatic carbocycles. The van der Waals surface area contributed by atoms with E-state index in [-0.39, 0.29) is 48.1 Å². The molecule has 0 aliphatic heterocycles. The lowest BCUT2D eigenvalue weighted by Crippen LogP contribution is -2.18. The first kappa shape index (κ1) is 56.6. The van der Waals surface area contributed by atoms with Gasteiger partial charge in [0.05, 0.1) is 25.5 Å². The summed E-state index contributed by atoms with van der Waals surface area (Å²) in [4.78, 5) is 0. The Labute approximate surface area is 475 Å². The zero-order valence-electron chi connectivity index (χ0n) is 49.1. The molecular weight excluding hydrogens is 989 g/mol. The number of nitrogens with zero attached hydrogens (tertiary/aromatic N) is 6. The van der Waals surface area contributed by atoms with Crippen LogP contribution in [0.25, 0.3) is 0 Å². The first-order valence-corrected chi connectivity index (χ1v) is 27.9. The van der Waals surface area contributed by atoms with Crippen molar-refractivity contribution >= 4 is 0 Å². The Bertz CT molecular complexity index is 3330. The van der Waals surface area contributed by atoms with Crippen LogP contribution in [0, 0.1) is 24.7 Å². The minimum atomic E-state index is -0.240. The van der Waals surface area contributed by atoms with Crippen LogP contribution in [0.4, 0.5) is 0 Å². The summed E-state index contributed by atoms with van der Waals surface area (Å²) in [5, 5.41) is 18.4. The van der Waals surface area contributed by atoms with Crippen LogP contribution in [0.5, 0.6) is 23.0 Å². The smallest absolute Gasteiger partial charge is 0.148 e. The molecule has 412 valence electrons. The molecule has 0 atom stereocenters. The van der Waals surface area contributed by atoms with Gasteiger partial charge in [-0.25, -0.2) is 9.36 Å². The standard InChI is InChI=1S/C70H78N6O4/c1-15-27-77-63-49-29-50-34-58(68(6,7)8)36-52(64(50)78-28-16-2)31-54-38-60(70(12,13)14)40-56(66(54)80-46-62-44-76(74-72-62)42-48-25-21-18-22-26-48)32-55-39-59(69(9,10)11)37-53(30-51(63)35-57(33-49)67(3,4)5)65(55)79-45-61-43-75(73-71-61)41-47-23-19-17-20-24-47/h1-2,17-26,33-40,43-44H,27-32,41-42,45-46H2,3-14H3. The van der Waals surface area contributed by atoms with Crippen molar-refractivity contribution in [2.45, 2.75) is 157 Å². The van der Waals surface area contributed by atoms with Crippen LogP contribution in [0.15, 0.2) is 122 Å². The number of benzene rings is 6. The number of fused-ring (bicyclic) bond motifs is 8. The van der Waals surface area contributed by atoms with Gasteiger partial charge in [-0.15, -0.1) is 23.0 Å². The van der Waals surface area contributed by atoms with E-state index < -0.39 is 0 Å². The van der Waals surface area contributed by atoms with Crippen LogP contribution in [-0.4, -0.2) is 43.2 Å². The van der Waals surface area contributed by atoms with Crippen molar-refractivity contribution < 1.29 is 18.9 Å². The van der Waals surface area contributed by atoms with Gasteiger partial charge in [-0.3, -0.25) is 0 Å². The second-order valence-corrected chi connectivity index (χ2v) is 25.6. The summed E-state index contributed by atoms with van der Waals surface area (Å²) in [6, 6.07) is 39.1. The Morgan fingerprint density at radius 1 is 0.400 bits per heavy atom. The topological polar surface area (TPSA) is 98.3 Å². The highest BCUT2D eigenvalue weighted by Crippen LogP contribution is 2.45. The quantitative estimate of drug-likeness (QED) is 0.0994. The van der Waals surface area contributed by atoms with Crippen LogP contribution in [0.3, 0.4) is 0 Å². The lowest BCUT2D eigenvalue weighted by Gasteiger charge is -2.29.